The molecule has 0 bridgehead atoms. The van der Waals surface area contributed by atoms with E-state index >= 15 is 0 Å². The van der Waals surface area contributed by atoms with Gasteiger partial charge in [-0.1, -0.05) is 5.16 Å². The van der Waals surface area contributed by atoms with E-state index in [2.05, 4.69) is 20.4 Å². The Morgan fingerprint density at radius 3 is 2.62 bits per heavy atom. The molecule has 0 atom stereocenters. The number of rotatable bonds is 8. The van der Waals surface area contributed by atoms with Crippen molar-refractivity contribution in [2.24, 2.45) is 0 Å². The number of benzene rings is 1. The van der Waals surface area contributed by atoms with Gasteiger partial charge in [0, 0.05) is 18.0 Å². The van der Waals surface area contributed by atoms with Gasteiger partial charge in [0.25, 0.3) is 5.91 Å². The van der Waals surface area contributed by atoms with Crippen molar-refractivity contribution in [3.8, 4) is 22.9 Å². The molecule has 0 aliphatic rings. The summed E-state index contributed by atoms with van der Waals surface area (Å²) in [6.45, 7) is 2.52. The molecule has 134 valence electrons. The largest absolute Gasteiger partial charge is 0.494 e. The molecular weight excluding hydrogens is 336 g/mol. The van der Waals surface area contributed by atoms with Gasteiger partial charge >= 0.3 is 0 Å². The van der Waals surface area contributed by atoms with E-state index in [0.29, 0.717) is 24.1 Å². The Morgan fingerprint density at radius 1 is 1.15 bits per heavy atom. The molecular formula is C18H18N4O4. The van der Waals surface area contributed by atoms with Crippen LogP contribution in [-0.2, 0) is 11.3 Å². The summed E-state index contributed by atoms with van der Waals surface area (Å²) in [5.41, 5.74) is 0.743. The summed E-state index contributed by atoms with van der Waals surface area (Å²) in [7, 11) is 0. The van der Waals surface area contributed by atoms with Gasteiger partial charge in [-0.2, -0.15) is 4.98 Å². The molecule has 0 aliphatic carbocycles. The van der Waals surface area contributed by atoms with Gasteiger partial charge in [-0.05, 0) is 43.3 Å². The second kappa shape index (κ2) is 8.61. The van der Waals surface area contributed by atoms with Gasteiger partial charge in [0.05, 0.1) is 13.2 Å². The van der Waals surface area contributed by atoms with E-state index in [9.17, 15) is 4.79 Å². The van der Waals surface area contributed by atoms with Gasteiger partial charge in [-0.25, -0.2) is 0 Å². The molecule has 0 radical (unpaired) electrons. The first-order valence-electron chi connectivity index (χ1n) is 8.10. The molecule has 8 heteroatoms. The van der Waals surface area contributed by atoms with Crippen LogP contribution in [0.4, 0.5) is 0 Å². The lowest BCUT2D eigenvalue weighted by atomic mass is 10.3. The minimum atomic E-state index is -0.292. The summed E-state index contributed by atoms with van der Waals surface area (Å²) < 4.78 is 15.9. The first-order chi connectivity index (χ1) is 12.7. The van der Waals surface area contributed by atoms with Gasteiger partial charge in [0.15, 0.2) is 6.61 Å². The fourth-order valence-electron chi connectivity index (χ4n) is 2.11. The second-order valence-corrected chi connectivity index (χ2v) is 5.22. The Bertz CT molecular complexity index is 834. The van der Waals surface area contributed by atoms with E-state index in [0.717, 1.165) is 11.3 Å². The molecule has 2 heterocycles. The third kappa shape index (κ3) is 4.79. The summed E-state index contributed by atoms with van der Waals surface area (Å²) in [6.07, 6.45) is 3.30. The van der Waals surface area contributed by atoms with Crippen LogP contribution >= 0.6 is 0 Å². The normalized spacial score (nSPS) is 10.3. The van der Waals surface area contributed by atoms with Crippen molar-refractivity contribution < 1.29 is 18.8 Å². The highest BCUT2D eigenvalue weighted by Crippen LogP contribution is 2.17. The summed E-state index contributed by atoms with van der Waals surface area (Å²) in [4.78, 5) is 20.1. The molecule has 26 heavy (non-hydrogen) atoms. The smallest absolute Gasteiger partial charge is 0.258 e. The molecule has 0 unspecified atom stereocenters. The van der Waals surface area contributed by atoms with Crippen LogP contribution in [0.1, 0.15) is 12.8 Å². The number of carbonyl (C=O) groups excluding carboxylic acids is 1. The Hall–Kier alpha value is -3.42. The number of hydrogen-bond donors (Lipinski definition) is 1. The number of ether oxygens (including phenoxy) is 2. The predicted molar refractivity (Wildman–Crippen MR) is 92.5 cm³/mol. The summed E-state index contributed by atoms with van der Waals surface area (Å²) in [6, 6.07) is 10.7. The third-order valence-electron chi connectivity index (χ3n) is 3.33. The Morgan fingerprint density at radius 2 is 1.92 bits per heavy atom. The number of hydrogen-bond acceptors (Lipinski definition) is 7. The van der Waals surface area contributed by atoms with Gasteiger partial charge in [0.1, 0.15) is 11.5 Å². The molecule has 3 rings (SSSR count). The molecule has 1 aromatic carbocycles. The summed E-state index contributed by atoms with van der Waals surface area (Å²) >= 11 is 0. The van der Waals surface area contributed by atoms with Crippen LogP contribution in [0.5, 0.6) is 11.5 Å². The SMILES string of the molecule is CCOc1ccc(OCC(=O)NCc2nc(-c3cccnc3)no2)cc1. The second-order valence-electron chi connectivity index (χ2n) is 5.22. The average Bonchev–Trinajstić information content (AvgIpc) is 3.16. The van der Waals surface area contributed by atoms with E-state index in [-0.39, 0.29) is 19.1 Å². The van der Waals surface area contributed by atoms with Gasteiger partial charge in [0.2, 0.25) is 11.7 Å². The standard InChI is InChI=1S/C18H18N4O4/c1-2-24-14-5-7-15(8-6-14)25-12-16(23)20-11-17-21-18(22-26-17)13-4-3-9-19-10-13/h3-10H,2,11-12H2,1H3,(H,20,23). The molecule has 0 saturated heterocycles. The number of aromatic nitrogens is 3. The molecule has 3 aromatic rings. The van der Waals surface area contributed by atoms with Crippen molar-refractivity contribution in [2.45, 2.75) is 13.5 Å². The monoisotopic (exact) mass is 354 g/mol. The highest BCUT2D eigenvalue weighted by Gasteiger charge is 2.10. The van der Waals surface area contributed by atoms with E-state index in [1.807, 2.05) is 13.0 Å². The van der Waals surface area contributed by atoms with Crippen molar-refractivity contribution in [2.75, 3.05) is 13.2 Å². The lowest BCUT2D eigenvalue weighted by Gasteiger charge is -2.07. The van der Waals surface area contributed by atoms with Crippen LogP contribution in [0.15, 0.2) is 53.3 Å². The first-order valence-corrected chi connectivity index (χ1v) is 8.10. The fraction of sp³-hybridized carbons (Fsp3) is 0.222. The maximum absolute atomic E-state index is 11.9. The third-order valence-corrected chi connectivity index (χ3v) is 3.33. The van der Waals surface area contributed by atoms with Gasteiger partial charge < -0.3 is 19.3 Å². The molecule has 0 spiro atoms. The number of nitrogens with zero attached hydrogens (tertiary/aromatic N) is 3. The van der Waals surface area contributed by atoms with Crippen LogP contribution in [0.25, 0.3) is 11.4 Å². The van der Waals surface area contributed by atoms with Crippen molar-refractivity contribution in [1.82, 2.24) is 20.4 Å². The van der Waals surface area contributed by atoms with Crippen LogP contribution in [0, 0.1) is 0 Å². The van der Waals surface area contributed by atoms with Crippen LogP contribution in [0.3, 0.4) is 0 Å². The zero-order valence-corrected chi connectivity index (χ0v) is 14.2. The number of carbonyl (C=O) groups is 1. The molecule has 2 aromatic heterocycles. The fourth-order valence-corrected chi connectivity index (χ4v) is 2.11. The minimum Gasteiger partial charge on any atom is -0.494 e. The van der Waals surface area contributed by atoms with Crippen molar-refractivity contribution in [1.29, 1.82) is 0 Å². The topological polar surface area (TPSA) is 99.4 Å². The maximum atomic E-state index is 11.9. The van der Waals surface area contributed by atoms with Crippen LogP contribution in [0.2, 0.25) is 0 Å². The van der Waals surface area contributed by atoms with Crippen molar-refractivity contribution in [3.05, 3.63) is 54.7 Å². The Balaban J connectivity index is 1.45. The van der Waals surface area contributed by atoms with Crippen LogP contribution < -0.4 is 14.8 Å². The molecule has 1 N–H and O–H groups in total. The number of nitrogens with one attached hydrogen (secondary N) is 1. The Labute approximate surface area is 150 Å². The van der Waals surface area contributed by atoms with Crippen LogP contribution in [-0.4, -0.2) is 34.2 Å². The van der Waals surface area contributed by atoms with E-state index in [4.69, 9.17) is 14.0 Å². The molecule has 0 fully saturated rings. The lowest BCUT2D eigenvalue weighted by Crippen LogP contribution is -2.28. The maximum Gasteiger partial charge on any atom is 0.258 e. The lowest BCUT2D eigenvalue weighted by molar-refractivity contribution is -0.123. The van der Waals surface area contributed by atoms with Crippen molar-refractivity contribution in [3.63, 3.8) is 0 Å². The highest BCUT2D eigenvalue weighted by atomic mass is 16.5. The highest BCUT2D eigenvalue weighted by molar-refractivity contribution is 5.77. The van der Waals surface area contributed by atoms with Crippen molar-refractivity contribution >= 4 is 5.91 Å². The zero-order valence-electron chi connectivity index (χ0n) is 14.2. The van der Waals surface area contributed by atoms with E-state index in [1.165, 1.54) is 0 Å². The summed E-state index contributed by atoms with van der Waals surface area (Å²) in [5, 5.41) is 6.53. The number of pyridine rings is 1. The first kappa shape index (κ1) is 17.4. The molecule has 0 saturated carbocycles. The molecule has 1 amide bonds. The van der Waals surface area contributed by atoms with E-state index in [1.54, 1.807) is 42.7 Å². The minimum absolute atomic E-state index is 0.114. The number of amides is 1. The molecule has 0 aliphatic heterocycles. The molecule has 8 nitrogen and oxygen atoms in total. The average molecular weight is 354 g/mol. The van der Waals surface area contributed by atoms with Gasteiger partial charge in [-0.3, -0.25) is 9.78 Å². The zero-order chi connectivity index (χ0) is 18.2. The quantitative estimate of drug-likeness (QED) is 0.662. The summed E-state index contributed by atoms with van der Waals surface area (Å²) in [5.74, 6) is 1.77. The Kier molecular flexibility index (Phi) is 5.76. The predicted octanol–water partition coefficient (Wildman–Crippen LogP) is 2.23. The van der Waals surface area contributed by atoms with E-state index < -0.39 is 0 Å². The van der Waals surface area contributed by atoms with Gasteiger partial charge in [-0.15, -0.1) is 0 Å².